The first-order valence-corrected chi connectivity index (χ1v) is 21.6. The summed E-state index contributed by atoms with van der Waals surface area (Å²) in [5.41, 5.74) is -1.74. The summed E-state index contributed by atoms with van der Waals surface area (Å²) in [6.07, 6.45) is 5.92. The predicted molar refractivity (Wildman–Crippen MR) is 209 cm³/mol. The van der Waals surface area contributed by atoms with E-state index in [1.807, 2.05) is 43.3 Å². The summed E-state index contributed by atoms with van der Waals surface area (Å²) < 4.78 is 58.9. The number of pyridine rings is 1. The van der Waals surface area contributed by atoms with Crippen molar-refractivity contribution in [3.8, 4) is 11.6 Å². The lowest BCUT2D eigenvalue weighted by molar-refractivity contribution is -0.142. The molecule has 7 atom stereocenters. The number of hydrogen-bond acceptors (Lipinski definition) is 10. The summed E-state index contributed by atoms with van der Waals surface area (Å²) in [5, 5.41) is 7.19. The molecule has 310 valence electrons. The van der Waals surface area contributed by atoms with Crippen molar-refractivity contribution in [1.29, 1.82) is 0 Å². The van der Waals surface area contributed by atoms with Crippen molar-refractivity contribution in [2.75, 3.05) is 19.8 Å². The minimum absolute atomic E-state index is 0.00652. The van der Waals surface area contributed by atoms with Gasteiger partial charge in [-0.2, -0.15) is 0 Å². The van der Waals surface area contributed by atoms with Gasteiger partial charge < -0.3 is 29.7 Å². The molecule has 3 N–H and O–H groups in total. The summed E-state index contributed by atoms with van der Waals surface area (Å²) in [4.78, 5) is 62.9. The van der Waals surface area contributed by atoms with Crippen molar-refractivity contribution in [1.82, 2.24) is 25.2 Å². The fourth-order valence-electron chi connectivity index (χ4n) is 8.43. The third-order valence-electron chi connectivity index (χ3n) is 11.9. The van der Waals surface area contributed by atoms with E-state index in [9.17, 15) is 32.0 Å². The van der Waals surface area contributed by atoms with Crippen molar-refractivity contribution in [3.05, 3.63) is 42.1 Å². The first kappa shape index (κ1) is 40.7. The number of nitrogens with zero attached hydrogens (tertiary/aromatic N) is 2. The number of halogens is 1. The number of fused-ring (bicyclic) bond motifs is 5. The average molecular weight is 812 g/mol. The molecular weight excluding hydrogens is 758 g/mol. The van der Waals surface area contributed by atoms with Crippen LogP contribution in [0.25, 0.3) is 10.8 Å². The number of alkyl carbamates (subject to hydrolysis) is 1. The van der Waals surface area contributed by atoms with Gasteiger partial charge in [0.2, 0.25) is 27.7 Å². The van der Waals surface area contributed by atoms with Crippen LogP contribution in [0.5, 0.6) is 11.6 Å². The molecule has 7 rings (SSSR count). The fraction of sp³-hybridized carbons (Fsp3) is 0.634. The van der Waals surface area contributed by atoms with E-state index in [4.69, 9.17) is 19.2 Å². The number of amides is 4. The van der Waals surface area contributed by atoms with E-state index < -0.39 is 80.5 Å². The van der Waals surface area contributed by atoms with E-state index in [-0.39, 0.29) is 44.1 Å². The number of hydrogen-bond donors (Lipinski definition) is 3. The molecule has 1 saturated heterocycles. The standard InChI is InChI=1S/C41H54FN5O9S/c1-24-11-6-7-12-26-21-41(26,37(50)46-57(52,53)40(23-42)16-17-40)45-34(48)31-20-27(22-47(31)36(49)32(25(2)19-24)44-38(51)56-39(3,4)5)55-35-29-14-9-8-13-28(29)33-30(43-35)15-10-18-54-33/h7-9,12-14,24-27,31-32H,6,10-11,15-23H2,1-5H3,(H,44,51)(H,45,48)(H,46,50)/b12-7-/t24-,25-,26-,27-,31+,32+,41-/m1/s1. The fourth-order valence-corrected chi connectivity index (χ4v) is 9.86. The first-order valence-electron chi connectivity index (χ1n) is 20.1. The molecule has 1 aromatic carbocycles. The molecule has 4 amide bonds. The van der Waals surface area contributed by atoms with Crippen LogP contribution in [0.2, 0.25) is 0 Å². The Morgan fingerprint density at radius 1 is 1.12 bits per heavy atom. The van der Waals surface area contributed by atoms with Gasteiger partial charge in [-0.15, -0.1) is 0 Å². The highest BCUT2D eigenvalue weighted by Gasteiger charge is 2.64. The van der Waals surface area contributed by atoms with Gasteiger partial charge in [-0.05, 0) is 90.0 Å². The number of aryl methyl sites for hydroxylation is 1. The van der Waals surface area contributed by atoms with E-state index in [0.29, 0.717) is 42.9 Å². The van der Waals surface area contributed by atoms with E-state index >= 15 is 0 Å². The van der Waals surface area contributed by atoms with E-state index in [1.54, 1.807) is 20.8 Å². The lowest BCUT2D eigenvalue weighted by atomic mass is 9.88. The Morgan fingerprint density at radius 2 is 1.86 bits per heavy atom. The normalized spacial score (nSPS) is 30.5. The van der Waals surface area contributed by atoms with Crippen LogP contribution in [0.1, 0.15) is 91.7 Å². The SMILES string of the molecule is C[C@@H]1CC/C=C\[C@@H]2C[C@@]2(C(=O)NS(=O)(=O)C2(CF)CC2)NC(=O)[C@@H]2C[C@@H](Oc3nc4c(c5ccccc35)OCCC4)CN2C(=O)[C@@H](NC(=O)OC(C)(C)C)[C@H](C)C1. The van der Waals surface area contributed by atoms with Crippen LogP contribution >= 0.6 is 0 Å². The molecule has 2 saturated carbocycles. The van der Waals surface area contributed by atoms with Crippen molar-refractivity contribution < 1.29 is 46.2 Å². The van der Waals surface area contributed by atoms with Gasteiger partial charge in [0.15, 0.2) is 0 Å². The summed E-state index contributed by atoms with van der Waals surface area (Å²) in [5.74, 6) is -1.91. The van der Waals surface area contributed by atoms with Gasteiger partial charge in [-0.1, -0.05) is 44.2 Å². The number of allylic oxidation sites excluding steroid dienone is 1. The predicted octanol–water partition coefficient (Wildman–Crippen LogP) is 4.64. The minimum atomic E-state index is -4.38. The quantitative estimate of drug-likeness (QED) is 0.334. The molecule has 57 heavy (non-hydrogen) atoms. The van der Waals surface area contributed by atoms with Crippen LogP contribution in [0.3, 0.4) is 0 Å². The second kappa shape index (κ2) is 15.4. The molecule has 14 nitrogen and oxygen atoms in total. The number of carbonyl (C=O) groups excluding carboxylic acids is 4. The minimum Gasteiger partial charge on any atom is -0.491 e. The maximum Gasteiger partial charge on any atom is 0.408 e. The number of benzene rings is 1. The maximum atomic E-state index is 14.9. The lowest BCUT2D eigenvalue weighted by Crippen LogP contribution is -2.59. The molecule has 0 radical (unpaired) electrons. The number of nitrogens with one attached hydrogen (secondary N) is 3. The number of sulfonamides is 1. The second-order valence-corrected chi connectivity index (χ2v) is 19.7. The number of alkyl halides is 1. The Balaban J connectivity index is 1.24. The Kier molecular flexibility index (Phi) is 11.0. The molecule has 2 aliphatic carbocycles. The Morgan fingerprint density at radius 3 is 2.56 bits per heavy atom. The molecule has 0 bridgehead atoms. The lowest BCUT2D eigenvalue weighted by Gasteiger charge is -2.33. The summed E-state index contributed by atoms with van der Waals surface area (Å²) in [7, 11) is -4.38. The van der Waals surface area contributed by atoms with Gasteiger partial charge >= 0.3 is 6.09 Å². The summed E-state index contributed by atoms with van der Waals surface area (Å²) in [6, 6.07) is 5.31. The van der Waals surface area contributed by atoms with Crippen LogP contribution in [-0.2, 0) is 35.6 Å². The molecule has 4 heterocycles. The third-order valence-corrected chi connectivity index (χ3v) is 14.0. The third kappa shape index (κ3) is 8.28. The number of rotatable bonds is 7. The zero-order valence-corrected chi connectivity index (χ0v) is 34.1. The highest BCUT2D eigenvalue weighted by molar-refractivity contribution is 7.91. The average Bonchev–Trinajstić information content (AvgIpc) is 4.06. The van der Waals surface area contributed by atoms with Crippen molar-refractivity contribution in [3.63, 3.8) is 0 Å². The van der Waals surface area contributed by atoms with Gasteiger partial charge in [0, 0.05) is 23.1 Å². The molecule has 2 aromatic rings. The van der Waals surface area contributed by atoms with Gasteiger partial charge in [-0.3, -0.25) is 19.1 Å². The number of ether oxygens (including phenoxy) is 3. The molecule has 16 heteroatoms. The van der Waals surface area contributed by atoms with Crippen LogP contribution in [0, 0.1) is 17.8 Å². The van der Waals surface area contributed by atoms with E-state index in [2.05, 4.69) is 22.3 Å². The highest BCUT2D eigenvalue weighted by atomic mass is 32.2. The topological polar surface area (TPSA) is 182 Å². The van der Waals surface area contributed by atoms with Crippen LogP contribution in [-0.4, -0.2) is 96.0 Å². The van der Waals surface area contributed by atoms with Crippen LogP contribution < -0.4 is 24.8 Å². The smallest absolute Gasteiger partial charge is 0.408 e. The summed E-state index contributed by atoms with van der Waals surface area (Å²) in [6.45, 7) is 8.51. The van der Waals surface area contributed by atoms with Crippen molar-refractivity contribution in [2.24, 2.45) is 17.8 Å². The van der Waals surface area contributed by atoms with Gasteiger partial charge in [0.05, 0.1) is 18.8 Å². The molecule has 1 aromatic heterocycles. The van der Waals surface area contributed by atoms with Crippen molar-refractivity contribution in [2.45, 2.75) is 126 Å². The summed E-state index contributed by atoms with van der Waals surface area (Å²) >= 11 is 0. The molecule has 0 spiro atoms. The second-order valence-electron chi connectivity index (χ2n) is 17.6. The first-order chi connectivity index (χ1) is 27.0. The van der Waals surface area contributed by atoms with E-state index in [0.717, 1.165) is 23.9 Å². The zero-order chi connectivity index (χ0) is 40.9. The molecule has 3 fully saturated rings. The molecule has 0 unspecified atom stereocenters. The molecule has 3 aliphatic heterocycles. The van der Waals surface area contributed by atoms with Crippen LogP contribution in [0.15, 0.2) is 36.4 Å². The largest absolute Gasteiger partial charge is 0.491 e. The highest BCUT2D eigenvalue weighted by Crippen LogP contribution is 2.48. The van der Waals surface area contributed by atoms with Gasteiger partial charge in [0.25, 0.3) is 5.91 Å². The molecular formula is C41H54FN5O9S. The molecule has 5 aliphatic rings. The van der Waals surface area contributed by atoms with Gasteiger partial charge in [0.1, 0.15) is 46.5 Å². The Hall–Kier alpha value is -4.47. The monoisotopic (exact) mass is 811 g/mol. The number of carbonyl (C=O) groups is 4. The zero-order valence-electron chi connectivity index (χ0n) is 33.3. The van der Waals surface area contributed by atoms with Crippen LogP contribution in [0.4, 0.5) is 9.18 Å². The maximum absolute atomic E-state index is 14.9. The van der Waals surface area contributed by atoms with Crippen molar-refractivity contribution >= 4 is 44.6 Å². The number of aromatic nitrogens is 1. The Bertz CT molecular complexity index is 2070. The van der Waals surface area contributed by atoms with E-state index in [1.165, 1.54) is 4.90 Å². The van der Waals surface area contributed by atoms with Gasteiger partial charge in [-0.25, -0.2) is 22.6 Å². The Labute approximate surface area is 333 Å².